The van der Waals surface area contributed by atoms with Crippen LogP contribution in [0.4, 0.5) is 4.79 Å². The van der Waals surface area contributed by atoms with Crippen molar-refractivity contribution in [2.45, 2.75) is 111 Å². The van der Waals surface area contributed by atoms with Gasteiger partial charge in [-0.05, 0) is 20.8 Å². The highest BCUT2D eigenvalue weighted by Crippen LogP contribution is 2.39. The predicted octanol–water partition coefficient (Wildman–Crippen LogP) is 0.630. The molecule has 2 amide bonds. The first-order chi connectivity index (χ1) is 19.6. The lowest BCUT2D eigenvalue weighted by atomic mass is 9.87. The Labute approximate surface area is 246 Å². The van der Waals surface area contributed by atoms with E-state index in [4.69, 9.17) is 33.2 Å². The summed E-state index contributed by atoms with van der Waals surface area (Å²) in [6.45, 7) is 9.25. The smallest absolute Gasteiger partial charge is 0.417 e. The molecular weight excluding hydrogens is 582 g/mol. The van der Waals surface area contributed by atoms with Crippen molar-refractivity contribution in [3.8, 4) is 0 Å². The van der Waals surface area contributed by atoms with Crippen molar-refractivity contribution in [3.05, 3.63) is 0 Å². The van der Waals surface area contributed by atoms with Gasteiger partial charge in [-0.25, -0.2) is 14.5 Å². The maximum Gasteiger partial charge on any atom is 0.417 e. The number of ether oxygens (including phenoxy) is 7. The number of hydrogen-bond acceptors (Lipinski definition) is 15. The third kappa shape index (κ3) is 10.8. The van der Waals surface area contributed by atoms with E-state index in [2.05, 4.69) is 0 Å². The highest BCUT2D eigenvalue weighted by molar-refractivity contribution is 5.91. The van der Waals surface area contributed by atoms with Gasteiger partial charge in [-0.15, -0.1) is 0 Å². The zero-order chi connectivity index (χ0) is 33.4. The van der Waals surface area contributed by atoms with Gasteiger partial charge >= 0.3 is 47.7 Å². The summed E-state index contributed by atoms with van der Waals surface area (Å²) in [4.78, 5) is 99.6. The molecule has 0 radical (unpaired) electrons. The van der Waals surface area contributed by atoms with E-state index in [1.807, 2.05) is 0 Å². The number of imide groups is 1. The maximum absolute atomic E-state index is 13.4. The molecule has 242 valence electrons. The largest absolute Gasteiger partial charge is 0.476 e. The Morgan fingerprint density at radius 3 is 1.81 bits per heavy atom. The Morgan fingerprint density at radius 1 is 0.860 bits per heavy atom. The predicted molar refractivity (Wildman–Crippen MR) is 137 cm³/mol. The molecule has 1 aliphatic rings. The zero-order valence-corrected chi connectivity index (χ0v) is 25.3. The van der Waals surface area contributed by atoms with Crippen molar-refractivity contribution >= 4 is 47.8 Å². The number of carboxylic acids is 1. The van der Waals surface area contributed by atoms with E-state index in [1.165, 1.54) is 20.8 Å². The van der Waals surface area contributed by atoms with Gasteiger partial charge in [0.15, 0.2) is 12.2 Å². The second-order valence-electron chi connectivity index (χ2n) is 10.5. The third-order valence-corrected chi connectivity index (χ3v) is 5.45. The number of nitrogens with zero attached hydrogens (tertiary/aromatic N) is 1. The molecule has 0 bridgehead atoms. The van der Waals surface area contributed by atoms with Gasteiger partial charge < -0.3 is 38.3 Å². The van der Waals surface area contributed by atoms with Gasteiger partial charge in [0.2, 0.25) is 5.91 Å². The minimum Gasteiger partial charge on any atom is -0.476 e. The molecule has 6 atom stereocenters. The van der Waals surface area contributed by atoms with E-state index in [9.17, 15) is 43.5 Å². The first-order valence-electron chi connectivity index (χ1n) is 12.9. The SMILES string of the molecule is CC(=O)OC[C@@H](OC(C)=O)[C@@H](OC(C)=O)[C@@H]1O[C@](OC(C)=O)(C(=O)O)C[C@H](OC(C)=O)[C@H]1N(C(C)=O)C(=O)OC(C)(C)C. The summed E-state index contributed by atoms with van der Waals surface area (Å²) in [6, 6.07) is -1.86. The third-order valence-electron chi connectivity index (χ3n) is 5.45. The Kier molecular flexibility index (Phi) is 12.6. The fourth-order valence-corrected chi connectivity index (χ4v) is 4.24. The van der Waals surface area contributed by atoms with Crippen LogP contribution in [0.3, 0.4) is 0 Å². The first kappa shape index (κ1) is 36.7. The van der Waals surface area contributed by atoms with Crippen molar-refractivity contribution in [3.63, 3.8) is 0 Å². The van der Waals surface area contributed by atoms with Crippen LogP contribution in [0.5, 0.6) is 0 Å². The number of amides is 2. The molecule has 17 nitrogen and oxygen atoms in total. The number of carboxylic acid groups (broad SMARTS) is 1. The highest BCUT2D eigenvalue weighted by atomic mass is 16.7. The minimum absolute atomic E-state index is 0.441. The summed E-state index contributed by atoms with van der Waals surface area (Å²) < 4.78 is 37.0. The summed E-state index contributed by atoms with van der Waals surface area (Å²) in [5, 5.41) is 10.1. The van der Waals surface area contributed by atoms with E-state index in [-0.39, 0.29) is 0 Å². The molecule has 1 heterocycles. The summed E-state index contributed by atoms with van der Waals surface area (Å²) in [5.74, 6) is -11.0. The first-order valence-corrected chi connectivity index (χ1v) is 12.9. The van der Waals surface area contributed by atoms with Crippen LogP contribution in [0, 0.1) is 0 Å². The second-order valence-corrected chi connectivity index (χ2v) is 10.5. The Bertz CT molecular complexity index is 1130. The van der Waals surface area contributed by atoms with E-state index < -0.39 is 103 Å². The van der Waals surface area contributed by atoms with E-state index >= 15 is 0 Å². The van der Waals surface area contributed by atoms with Crippen LogP contribution in [0.15, 0.2) is 0 Å². The molecular formula is C26H37NO16. The standard InChI is InChI=1S/C26H37NO16/c1-12(28)27(24(36)43-25(7,8)9)20-18(38-14(3)30)10-26(23(34)35,41-17(6)33)42-22(20)21(40-16(5)32)19(39-15(4)31)11-37-13(2)29/h18-22H,10-11H2,1-9H3,(H,34,35)/t18-,19+,20+,21+,22+,26-/m0/s1. The average molecular weight is 620 g/mol. The minimum atomic E-state index is -2.95. The molecule has 1 aliphatic heterocycles. The molecule has 0 unspecified atom stereocenters. The monoisotopic (exact) mass is 619 g/mol. The van der Waals surface area contributed by atoms with Gasteiger partial charge in [0, 0.05) is 41.5 Å². The zero-order valence-electron chi connectivity index (χ0n) is 25.3. The van der Waals surface area contributed by atoms with Crippen molar-refractivity contribution in [2.75, 3.05) is 6.61 Å². The number of rotatable bonds is 10. The second kappa shape index (κ2) is 14.8. The van der Waals surface area contributed by atoms with Crippen molar-refractivity contribution in [1.82, 2.24) is 4.90 Å². The molecule has 43 heavy (non-hydrogen) atoms. The normalized spacial score (nSPS) is 23.0. The Morgan fingerprint density at radius 2 is 1.42 bits per heavy atom. The molecule has 1 N–H and O–H groups in total. The van der Waals surface area contributed by atoms with Crippen molar-refractivity contribution in [2.24, 2.45) is 0 Å². The average Bonchev–Trinajstić information content (AvgIpc) is 2.79. The van der Waals surface area contributed by atoms with Gasteiger partial charge in [0.25, 0.3) is 0 Å². The van der Waals surface area contributed by atoms with E-state index in [0.717, 1.165) is 41.5 Å². The quantitative estimate of drug-likeness (QED) is 0.261. The van der Waals surface area contributed by atoms with Gasteiger partial charge in [0.1, 0.15) is 30.5 Å². The Balaban J connectivity index is 4.14. The van der Waals surface area contributed by atoms with Crippen LogP contribution < -0.4 is 0 Å². The summed E-state index contributed by atoms with van der Waals surface area (Å²) >= 11 is 0. The molecule has 0 saturated carbocycles. The number of carbonyl (C=O) groups excluding carboxylic acids is 7. The molecule has 17 heteroatoms. The fourth-order valence-electron chi connectivity index (χ4n) is 4.24. The highest BCUT2D eigenvalue weighted by Gasteiger charge is 2.62. The van der Waals surface area contributed by atoms with Crippen LogP contribution in [-0.2, 0) is 66.7 Å². The van der Waals surface area contributed by atoms with Crippen LogP contribution in [-0.4, -0.2) is 106 Å². The molecule has 1 rings (SSSR count). The number of carbonyl (C=O) groups is 8. The molecule has 1 saturated heterocycles. The summed E-state index contributed by atoms with van der Waals surface area (Å²) in [7, 11) is 0. The summed E-state index contributed by atoms with van der Waals surface area (Å²) in [5.41, 5.74) is -1.18. The van der Waals surface area contributed by atoms with Crippen LogP contribution in [0.25, 0.3) is 0 Å². The lowest BCUT2D eigenvalue weighted by Gasteiger charge is -2.49. The van der Waals surface area contributed by atoms with Crippen LogP contribution in [0.1, 0.15) is 68.7 Å². The maximum atomic E-state index is 13.4. The van der Waals surface area contributed by atoms with Crippen molar-refractivity contribution < 1.29 is 76.6 Å². The molecule has 0 spiro atoms. The lowest BCUT2D eigenvalue weighted by molar-refractivity contribution is -0.309. The van der Waals surface area contributed by atoms with Crippen LogP contribution in [0.2, 0.25) is 0 Å². The molecule has 0 aromatic heterocycles. The summed E-state index contributed by atoms with van der Waals surface area (Å²) in [6.07, 6.45) is -9.92. The van der Waals surface area contributed by atoms with Crippen LogP contribution >= 0.6 is 0 Å². The lowest BCUT2D eigenvalue weighted by Crippen LogP contribution is -2.70. The Hall–Kier alpha value is -4.28. The van der Waals surface area contributed by atoms with E-state index in [0.29, 0.717) is 4.90 Å². The van der Waals surface area contributed by atoms with Crippen molar-refractivity contribution in [1.29, 1.82) is 0 Å². The van der Waals surface area contributed by atoms with Gasteiger partial charge in [-0.2, -0.15) is 0 Å². The number of hydrogen-bond donors (Lipinski definition) is 1. The number of esters is 5. The van der Waals surface area contributed by atoms with Gasteiger partial charge in [-0.3, -0.25) is 28.8 Å². The molecule has 0 aliphatic carbocycles. The molecule has 1 fully saturated rings. The molecule has 0 aromatic carbocycles. The number of aliphatic carboxylic acids is 1. The fraction of sp³-hybridized carbons (Fsp3) is 0.692. The molecule has 0 aromatic rings. The van der Waals surface area contributed by atoms with Gasteiger partial charge in [0.05, 0.1) is 6.42 Å². The topological polar surface area (TPSA) is 225 Å². The van der Waals surface area contributed by atoms with E-state index in [1.54, 1.807) is 0 Å². The van der Waals surface area contributed by atoms with Gasteiger partial charge in [-0.1, -0.05) is 0 Å².